The van der Waals surface area contributed by atoms with Gasteiger partial charge in [-0.15, -0.1) is 0 Å². The first kappa shape index (κ1) is 16.0. The predicted octanol–water partition coefficient (Wildman–Crippen LogP) is 2.91. The quantitative estimate of drug-likeness (QED) is 0.893. The molecule has 1 saturated carbocycles. The number of aromatic nitrogens is 1. The van der Waals surface area contributed by atoms with Crippen LogP contribution in [-0.4, -0.2) is 22.1 Å². The predicted molar refractivity (Wildman–Crippen MR) is 79.9 cm³/mol. The van der Waals surface area contributed by atoms with Gasteiger partial charge in [-0.2, -0.15) is 0 Å². The second-order valence-corrected chi connectivity index (χ2v) is 6.81. The van der Waals surface area contributed by atoms with Crippen molar-refractivity contribution in [3.8, 4) is 0 Å². The maximum atomic E-state index is 11.4. The zero-order valence-electron chi connectivity index (χ0n) is 13.6. The van der Waals surface area contributed by atoms with Crippen molar-refractivity contribution in [1.82, 2.24) is 10.3 Å². The number of oxazole rings is 1. The molecule has 5 heteroatoms. The summed E-state index contributed by atoms with van der Waals surface area (Å²) in [6, 6.07) is 0.295. The second-order valence-electron chi connectivity index (χ2n) is 6.81. The minimum atomic E-state index is -0.677. The van der Waals surface area contributed by atoms with Crippen molar-refractivity contribution in [2.45, 2.75) is 60.0 Å². The summed E-state index contributed by atoms with van der Waals surface area (Å²) in [5.74, 6) is 0.899. The van der Waals surface area contributed by atoms with E-state index in [9.17, 15) is 9.90 Å². The highest BCUT2D eigenvalue weighted by molar-refractivity contribution is 5.71. The average molecular weight is 294 g/mol. The normalized spacial score (nSPS) is 28.5. The minimum Gasteiger partial charge on any atom is -0.481 e. The third-order valence-electron chi connectivity index (χ3n) is 5.33. The van der Waals surface area contributed by atoms with Crippen LogP contribution in [0.5, 0.6) is 0 Å². The Kier molecular flexibility index (Phi) is 4.42. The zero-order chi connectivity index (χ0) is 15.8. The van der Waals surface area contributed by atoms with Crippen molar-refractivity contribution in [3.63, 3.8) is 0 Å². The molecule has 1 aliphatic rings. The summed E-state index contributed by atoms with van der Waals surface area (Å²) in [6.07, 6.45) is 1.59. The van der Waals surface area contributed by atoms with Gasteiger partial charge in [-0.05, 0) is 38.0 Å². The lowest BCUT2D eigenvalue weighted by molar-refractivity contribution is -0.150. The Balaban J connectivity index is 2.00. The van der Waals surface area contributed by atoms with E-state index in [1.54, 1.807) is 0 Å². The molecule has 21 heavy (non-hydrogen) atoms. The molecule has 3 atom stereocenters. The van der Waals surface area contributed by atoms with E-state index >= 15 is 0 Å². The van der Waals surface area contributed by atoms with Crippen molar-refractivity contribution in [1.29, 1.82) is 0 Å². The molecule has 0 radical (unpaired) electrons. The van der Waals surface area contributed by atoms with Crippen LogP contribution in [0.2, 0.25) is 0 Å². The summed E-state index contributed by atoms with van der Waals surface area (Å²) in [5, 5.41) is 12.9. The Hall–Kier alpha value is -1.36. The molecule has 3 unspecified atom stereocenters. The SMILES string of the molecule is Cc1nc(CNC2CCC(C(=O)O)C(C)(C)C2C)oc1C. The molecule has 0 aliphatic heterocycles. The van der Waals surface area contributed by atoms with Gasteiger partial charge < -0.3 is 14.8 Å². The van der Waals surface area contributed by atoms with E-state index in [0.29, 0.717) is 24.9 Å². The first-order valence-electron chi connectivity index (χ1n) is 7.62. The van der Waals surface area contributed by atoms with E-state index in [2.05, 4.69) is 31.1 Å². The van der Waals surface area contributed by atoms with Crippen LogP contribution in [0, 0.1) is 31.1 Å². The van der Waals surface area contributed by atoms with Gasteiger partial charge in [-0.25, -0.2) is 4.98 Å². The number of aliphatic carboxylic acids is 1. The molecule has 0 saturated heterocycles. The van der Waals surface area contributed by atoms with Gasteiger partial charge in [-0.3, -0.25) is 4.79 Å². The van der Waals surface area contributed by atoms with Crippen LogP contribution < -0.4 is 5.32 Å². The summed E-state index contributed by atoms with van der Waals surface area (Å²) >= 11 is 0. The first-order chi connectivity index (χ1) is 9.73. The molecule has 0 bridgehead atoms. The van der Waals surface area contributed by atoms with Crippen LogP contribution in [0.3, 0.4) is 0 Å². The Morgan fingerprint density at radius 3 is 2.62 bits per heavy atom. The van der Waals surface area contributed by atoms with E-state index in [0.717, 1.165) is 17.9 Å². The highest BCUT2D eigenvalue weighted by atomic mass is 16.4. The maximum absolute atomic E-state index is 11.4. The first-order valence-corrected chi connectivity index (χ1v) is 7.62. The molecule has 0 amide bonds. The van der Waals surface area contributed by atoms with Crippen molar-refractivity contribution in [2.24, 2.45) is 17.3 Å². The summed E-state index contributed by atoms with van der Waals surface area (Å²) < 4.78 is 5.58. The fourth-order valence-electron chi connectivity index (χ4n) is 3.36. The molecule has 1 heterocycles. The summed E-state index contributed by atoms with van der Waals surface area (Å²) in [5.41, 5.74) is 0.708. The van der Waals surface area contributed by atoms with Crippen molar-refractivity contribution in [3.05, 3.63) is 17.3 Å². The van der Waals surface area contributed by atoms with Gasteiger partial charge in [0.05, 0.1) is 18.2 Å². The van der Waals surface area contributed by atoms with Crippen LogP contribution in [0.1, 0.15) is 51.0 Å². The highest BCUT2D eigenvalue weighted by Gasteiger charge is 2.46. The monoisotopic (exact) mass is 294 g/mol. The lowest BCUT2D eigenvalue weighted by Crippen LogP contribution is -2.50. The van der Waals surface area contributed by atoms with Gasteiger partial charge in [0.2, 0.25) is 5.89 Å². The number of rotatable bonds is 4. The number of nitrogens with one attached hydrogen (secondary N) is 1. The van der Waals surface area contributed by atoms with Crippen LogP contribution >= 0.6 is 0 Å². The molecule has 118 valence electrons. The van der Waals surface area contributed by atoms with Gasteiger partial charge in [-0.1, -0.05) is 20.8 Å². The zero-order valence-corrected chi connectivity index (χ0v) is 13.6. The van der Waals surface area contributed by atoms with Crippen molar-refractivity contribution in [2.75, 3.05) is 0 Å². The third-order valence-corrected chi connectivity index (χ3v) is 5.33. The van der Waals surface area contributed by atoms with Crippen molar-refractivity contribution >= 4 is 5.97 Å². The van der Waals surface area contributed by atoms with E-state index in [4.69, 9.17) is 4.42 Å². The standard InChI is InChI=1S/C16H26N2O3/c1-9-13(7-6-12(15(19)20)16(9,4)5)17-8-14-18-10(2)11(3)21-14/h9,12-13,17H,6-8H2,1-5H3,(H,19,20). The summed E-state index contributed by atoms with van der Waals surface area (Å²) in [4.78, 5) is 15.8. The van der Waals surface area contributed by atoms with E-state index in [1.807, 2.05) is 13.8 Å². The maximum Gasteiger partial charge on any atom is 0.307 e. The molecule has 1 aliphatic carbocycles. The molecule has 1 aromatic rings. The van der Waals surface area contributed by atoms with Gasteiger partial charge in [0.1, 0.15) is 5.76 Å². The Morgan fingerprint density at radius 2 is 2.10 bits per heavy atom. The smallest absolute Gasteiger partial charge is 0.307 e. The van der Waals surface area contributed by atoms with Gasteiger partial charge >= 0.3 is 5.97 Å². The lowest BCUT2D eigenvalue weighted by atomic mass is 9.61. The number of nitrogens with zero attached hydrogens (tertiary/aromatic N) is 1. The molecule has 0 aromatic carbocycles. The molecule has 2 N–H and O–H groups in total. The molecule has 1 fully saturated rings. The van der Waals surface area contributed by atoms with E-state index < -0.39 is 5.97 Å². The molecule has 1 aromatic heterocycles. The molecular formula is C16H26N2O3. The highest BCUT2D eigenvalue weighted by Crippen LogP contribution is 2.45. The number of aryl methyl sites for hydroxylation is 2. The topological polar surface area (TPSA) is 75.4 Å². The Morgan fingerprint density at radius 1 is 1.43 bits per heavy atom. The number of hydrogen-bond acceptors (Lipinski definition) is 4. The fourth-order valence-corrected chi connectivity index (χ4v) is 3.36. The van der Waals surface area contributed by atoms with Crippen LogP contribution in [0.25, 0.3) is 0 Å². The van der Waals surface area contributed by atoms with Crippen LogP contribution in [0.15, 0.2) is 4.42 Å². The average Bonchev–Trinajstić information content (AvgIpc) is 2.70. The lowest BCUT2D eigenvalue weighted by Gasteiger charge is -2.46. The Bertz CT molecular complexity index is 502. The number of carboxylic acids is 1. The van der Waals surface area contributed by atoms with Gasteiger partial charge in [0, 0.05) is 6.04 Å². The fraction of sp³-hybridized carbons (Fsp3) is 0.750. The third kappa shape index (κ3) is 3.12. The molecular weight excluding hydrogens is 268 g/mol. The number of hydrogen-bond donors (Lipinski definition) is 2. The summed E-state index contributed by atoms with van der Waals surface area (Å²) in [6.45, 7) is 10.7. The van der Waals surface area contributed by atoms with Crippen LogP contribution in [0.4, 0.5) is 0 Å². The van der Waals surface area contributed by atoms with Crippen molar-refractivity contribution < 1.29 is 14.3 Å². The number of carboxylic acid groups (broad SMARTS) is 1. The largest absolute Gasteiger partial charge is 0.481 e. The minimum absolute atomic E-state index is 0.218. The van der Waals surface area contributed by atoms with Gasteiger partial charge in [0.15, 0.2) is 0 Å². The molecule has 0 spiro atoms. The van der Waals surface area contributed by atoms with Crippen LogP contribution in [-0.2, 0) is 11.3 Å². The van der Waals surface area contributed by atoms with Gasteiger partial charge in [0.25, 0.3) is 0 Å². The Labute approximate surface area is 126 Å². The molecule has 2 rings (SSSR count). The van der Waals surface area contributed by atoms with E-state index in [1.165, 1.54) is 0 Å². The second kappa shape index (κ2) is 5.79. The molecule has 5 nitrogen and oxygen atoms in total. The number of carbonyl (C=O) groups is 1. The van der Waals surface area contributed by atoms with E-state index in [-0.39, 0.29) is 17.3 Å². The summed E-state index contributed by atoms with van der Waals surface area (Å²) in [7, 11) is 0.